The zero-order chi connectivity index (χ0) is 21.3. The van der Waals surface area contributed by atoms with Gasteiger partial charge in [0.1, 0.15) is 5.82 Å². The number of nitrogens with zero attached hydrogens (tertiary/aromatic N) is 3. The van der Waals surface area contributed by atoms with E-state index in [2.05, 4.69) is 35.0 Å². The smallest absolute Gasteiger partial charge is 0.255 e. The molecule has 0 radical (unpaired) electrons. The lowest BCUT2D eigenvalue weighted by atomic mass is 10.1. The summed E-state index contributed by atoms with van der Waals surface area (Å²) in [7, 11) is 0. The number of nitrogens with one attached hydrogen (secondary N) is 1. The molecule has 0 bridgehead atoms. The third-order valence-electron chi connectivity index (χ3n) is 5.53. The number of aromatic nitrogens is 1. The minimum Gasteiger partial charge on any atom is -0.354 e. The van der Waals surface area contributed by atoms with E-state index in [-0.39, 0.29) is 5.91 Å². The van der Waals surface area contributed by atoms with Crippen LogP contribution in [0.3, 0.4) is 0 Å². The molecule has 2 aromatic carbocycles. The number of benzene rings is 2. The second kappa shape index (κ2) is 8.80. The van der Waals surface area contributed by atoms with Gasteiger partial charge in [0.15, 0.2) is 0 Å². The summed E-state index contributed by atoms with van der Waals surface area (Å²) in [5.41, 5.74) is 3.18. The Morgan fingerprint density at radius 3 is 2.40 bits per heavy atom. The zero-order valence-corrected chi connectivity index (χ0v) is 18.6. The molecule has 5 nitrogen and oxygen atoms in total. The molecule has 1 fully saturated rings. The van der Waals surface area contributed by atoms with Gasteiger partial charge < -0.3 is 15.1 Å². The standard InChI is InChI=1S/C23H24Cl2N4O/c1-3-28-6-8-29(9-7-28)22-10-15(2)20-14-19(4-5-21(20)27-22)26-23(30)16-11-17(24)13-18(25)12-16/h4-5,10-14H,3,6-9H2,1-2H3,(H,26,30). The summed E-state index contributed by atoms with van der Waals surface area (Å²) < 4.78 is 0. The quantitative estimate of drug-likeness (QED) is 0.599. The van der Waals surface area contributed by atoms with E-state index in [0.29, 0.717) is 21.3 Å². The fourth-order valence-corrected chi connectivity index (χ4v) is 4.32. The number of carbonyl (C=O) groups excluding carboxylic acids is 1. The third-order valence-corrected chi connectivity index (χ3v) is 5.96. The summed E-state index contributed by atoms with van der Waals surface area (Å²) >= 11 is 12.0. The van der Waals surface area contributed by atoms with Gasteiger partial charge in [-0.05, 0) is 61.5 Å². The molecule has 1 aliphatic rings. The van der Waals surface area contributed by atoms with Gasteiger partial charge in [-0.3, -0.25) is 4.79 Å². The molecule has 1 aliphatic heterocycles. The zero-order valence-electron chi connectivity index (χ0n) is 17.1. The number of hydrogen-bond donors (Lipinski definition) is 1. The number of fused-ring (bicyclic) bond motifs is 1. The molecule has 0 saturated carbocycles. The number of anilines is 2. The SMILES string of the molecule is CCN1CCN(c2cc(C)c3cc(NC(=O)c4cc(Cl)cc(Cl)c4)ccc3n2)CC1. The van der Waals surface area contributed by atoms with Crippen molar-refractivity contribution < 1.29 is 4.79 Å². The van der Waals surface area contributed by atoms with Crippen LogP contribution in [-0.2, 0) is 0 Å². The highest BCUT2D eigenvalue weighted by Crippen LogP contribution is 2.27. The number of piperazine rings is 1. The van der Waals surface area contributed by atoms with E-state index in [1.807, 2.05) is 18.2 Å². The van der Waals surface area contributed by atoms with Gasteiger partial charge >= 0.3 is 0 Å². The molecule has 7 heteroatoms. The molecule has 30 heavy (non-hydrogen) atoms. The molecule has 1 aromatic heterocycles. The second-order valence-corrected chi connectivity index (χ2v) is 8.44. The molecule has 3 aromatic rings. The topological polar surface area (TPSA) is 48.5 Å². The molecule has 0 spiro atoms. The van der Waals surface area contributed by atoms with Crippen molar-refractivity contribution in [2.24, 2.45) is 0 Å². The largest absolute Gasteiger partial charge is 0.354 e. The van der Waals surface area contributed by atoms with E-state index in [1.165, 1.54) is 0 Å². The summed E-state index contributed by atoms with van der Waals surface area (Å²) in [6.07, 6.45) is 0. The molecule has 0 unspecified atom stereocenters. The highest BCUT2D eigenvalue weighted by Gasteiger charge is 2.18. The van der Waals surface area contributed by atoms with Gasteiger partial charge in [0.2, 0.25) is 0 Å². The summed E-state index contributed by atoms with van der Waals surface area (Å²) in [5, 5.41) is 4.80. The van der Waals surface area contributed by atoms with Crippen molar-refractivity contribution in [3.8, 4) is 0 Å². The molecular weight excluding hydrogens is 419 g/mol. The third kappa shape index (κ3) is 4.53. The van der Waals surface area contributed by atoms with Crippen molar-refractivity contribution in [2.45, 2.75) is 13.8 Å². The molecule has 156 valence electrons. The van der Waals surface area contributed by atoms with E-state index in [9.17, 15) is 4.79 Å². The Balaban J connectivity index is 1.56. The van der Waals surface area contributed by atoms with Crippen LogP contribution in [0.1, 0.15) is 22.8 Å². The van der Waals surface area contributed by atoms with E-state index in [1.54, 1.807) is 18.2 Å². The molecule has 2 heterocycles. The monoisotopic (exact) mass is 442 g/mol. The Bertz CT molecular complexity index is 1070. The molecule has 0 aliphatic carbocycles. The maximum Gasteiger partial charge on any atom is 0.255 e. The lowest BCUT2D eigenvalue weighted by Crippen LogP contribution is -2.46. The van der Waals surface area contributed by atoms with Crippen LogP contribution in [0.5, 0.6) is 0 Å². The number of carbonyl (C=O) groups is 1. The van der Waals surface area contributed by atoms with Crippen molar-refractivity contribution in [2.75, 3.05) is 42.9 Å². The molecular formula is C23H24Cl2N4O. The van der Waals surface area contributed by atoms with Crippen LogP contribution in [0, 0.1) is 6.92 Å². The molecule has 1 N–H and O–H groups in total. The predicted octanol–water partition coefficient (Wildman–Crippen LogP) is 5.24. The Hall–Kier alpha value is -2.34. The Morgan fingerprint density at radius 2 is 1.73 bits per heavy atom. The Labute approximate surface area is 186 Å². The maximum absolute atomic E-state index is 12.6. The summed E-state index contributed by atoms with van der Waals surface area (Å²) in [6.45, 7) is 9.48. The number of halogens is 2. The first-order valence-electron chi connectivity index (χ1n) is 10.1. The van der Waals surface area contributed by atoms with E-state index < -0.39 is 0 Å². The van der Waals surface area contributed by atoms with Gasteiger partial charge in [-0.2, -0.15) is 0 Å². The fourth-order valence-electron chi connectivity index (χ4n) is 3.80. The lowest BCUT2D eigenvalue weighted by molar-refractivity contribution is 0.102. The van der Waals surface area contributed by atoms with Crippen molar-refractivity contribution >= 4 is 51.5 Å². The lowest BCUT2D eigenvalue weighted by Gasteiger charge is -2.35. The minimum absolute atomic E-state index is 0.255. The summed E-state index contributed by atoms with van der Waals surface area (Å²) in [6, 6.07) is 12.7. The molecule has 0 atom stereocenters. The first-order valence-corrected chi connectivity index (χ1v) is 10.8. The van der Waals surface area contributed by atoms with Crippen molar-refractivity contribution in [3.05, 3.63) is 63.6 Å². The van der Waals surface area contributed by atoms with Crippen LogP contribution in [-0.4, -0.2) is 48.5 Å². The van der Waals surface area contributed by atoms with Gasteiger partial charge in [0.25, 0.3) is 5.91 Å². The predicted molar refractivity (Wildman–Crippen MR) is 125 cm³/mol. The van der Waals surface area contributed by atoms with Crippen molar-refractivity contribution in [3.63, 3.8) is 0 Å². The molecule has 1 saturated heterocycles. The summed E-state index contributed by atoms with van der Waals surface area (Å²) in [4.78, 5) is 22.3. The van der Waals surface area contributed by atoms with Crippen molar-refractivity contribution in [1.82, 2.24) is 9.88 Å². The maximum atomic E-state index is 12.6. The van der Waals surface area contributed by atoms with Crippen LogP contribution in [0.25, 0.3) is 10.9 Å². The second-order valence-electron chi connectivity index (χ2n) is 7.56. The van der Waals surface area contributed by atoms with E-state index in [4.69, 9.17) is 28.2 Å². The van der Waals surface area contributed by atoms with E-state index in [0.717, 1.165) is 55.0 Å². The van der Waals surface area contributed by atoms with Crippen LogP contribution in [0.2, 0.25) is 10.0 Å². The Kier molecular flexibility index (Phi) is 6.14. The van der Waals surface area contributed by atoms with Gasteiger partial charge in [-0.25, -0.2) is 4.98 Å². The number of pyridine rings is 1. The Morgan fingerprint density at radius 1 is 1.03 bits per heavy atom. The number of amides is 1. The highest BCUT2D eigenvalue weighted by atomic mass is 35.5. The summed E-state index contributed by atoms with van der Waals surface area (Å²) in [5.74, 6) is 0.760. The van der Waals surface area contributed by atoms with Gasteiger partial charge in [0.05, 0.1) is 5.52 Å². The number of hydrogen-bond acceptors (Lipinski definition) is 4. The van der Waals surface area contributed by atoms with Gasteiger partial charge in [-0.1, -0.05) is 30.1 Å². The first-order chi connectivity index (χ1) is 14.4. The van der Waals surface area contributed by atoms with Crippen molar-refractivity contribution in [1.29, 1.82) is 0 Å². The number of aryl methyl sites for hydroxylation is 1. The van der Waals surface area contributed by atoms with Crippen LogP contribution < -0.4 is 10.2 Å². The number of likely N-dealkylation sites (N-methyl/N-ethyl adjacent to an activating group) is 1. The van der Waals surface area contributed by atoms with Crippen LogP contribution in [0.4, 0.5) is 11.5 Å². The van der Waals surface area contributed by atoms with Gasteiger partial charge in [-0.15, -0.1) is 0 Å². The van der Waals surface area contributed by atoms with Gasteiger partial charge in [0, 0.05) is 52.9 Å². The molecule has 1 amide bonds. The minimum atomic E-state index is -0.255. The molecule has 4 rings (SSSR count). The van der Waals surface area contributed by atoms with Crippen LogP contribution >= 0.6 is 23.2 Å². The fraction of sp³-hybridized carbons (Fsp3) is 0.304. The van der Waals surface area contributed by atoms with Crippen LogP contribution in [0.15, 0.2) is 42.5 Å². The average molecular weight is 443 g/mol. The highest BCUT2D eigenvalue weighted by molar-refractivity contribution is 6.35. The number of rotatable bonds is 4. The average Bonchev–Trinajstić information content (AvgIpc) is 2.73. The van der Waals surface area contributed by atoms with E-state index >= 15 is 0 Å². The normalized spacial score (nSPS) is 14.9. The first kappa shape index (κ1) is 20.9.